The first-order valence-corrected chi connectivity index (χ1v) is 8.60. The van der Waals surface area contributed by atoms with Gasteiger partial charge >= 0.3 is 0 Å². The summed E-state index contributed by atoms with van der Waals surface area (Å²) < 4.78 is 5.50. The molecule has 3 nitrogen and oxygen atoms in total. The minimum absolute atomic E-state index is 0.504. The summed E-state index contributed by atoms with van der Waals surface area (Å²) in [6, 6.07) is 0. The Hall–Kier alpha value is -0.120. The van der Waals surface area contributed by atoms with E-state index >= 15 is 0 Å². The molecule has 118 valence electrons. The molecule has 1 aliphatic carbocycles. The van der Waals surface area contributed by atoms with Crippen molar-refractivity contribution in [1.29, 1.82) is 0 Å². The molecule has 1 N–H and O–H groups in total. The van der Waals surface area contributed by atoms with E-state index in [1.807, 2.05) is 0 Å². The summed E-state index contributed by atoms with van der Waals surface area (Å²) in [6.45, 7) is 14.8. The Labute approximate surface area is 125 Å². The molecule has 2 aliphatic rings. The van der Waals surface area contributed by atoms with Gasteiger partial charge in [-0.15, -0.1) is 0 Å². The third-order valence-electron chi connectivity index (χ3n) is 4.90. The summed E-state index contributed by atoms with van der Waals surface area (Å²) in [5, 5.41) is 3.75. The molecule has 0 aromatic heterocycles. The first kappa shape index (κ1) is 16.3. The average molecular weight is 282 g/mol. The smallest absolute Gasteiger partial charge is 0.0594 e. The third kappa shape index (κ3) is 5.01. The summed E-state index contributed by atoms with van der Waals surface area (Å²) in [5.41, 5.74) is 0.504. The second-order valence-electron chi connectivity index (χ2n) is 7.61. The van der Waals surface area contributed by atoms with Gasteiger partial charge in [0, 0.05) is 26.2 Å². The van der Waals surface area contributed by atoms with Crippen LogP contribution in [0.3, 0.4) is 0 Å². The quantitative estimate of drug-likeness (QED) is 0.811. The largest absolute Gasteiger partial charge is 0.379 e. The highest BCUT2D eigenvalue weighted by atomic mass is 16.5. The van der Waals surface area contributed by atoms with Crippen LogP contribution in [0.2, 0.25) is 0 Å². The van der Waals surface area contributed by atoms with Gasteiger partial charge in [0.2, 0.25) is 0 Å². The maximum absolute atomic E-state index is 5.50. The number of hydrogen-bond donors (Lipinski definition) is 1. The Morgan fingerprint density at radius 3 is 2.70 bits per heavy atom. The van der Waals surface area contributed by atoms with E-state index in [2.05, 4.69) is 31.0 Å². The van der Waals surface area contributed by atoms with E-state index in [0.717, 1.165) is 44.7 Å². The maximum Gasteiger partial charge on any atom is 0.0594 e. The molecule has 2 rings (SSSR count). The molecule has 3 heteroatoms. The molecule has 0 amide bonds. The van der Waals surface area contributed by atoms with E-state index in [1.54, 1.807) is 0 Å². The van der Waals surface area contributed by atoms with E-state index < -0.39 is 0 Å². The minimum Gasteiger partial charge on any atom is -0.379 e. The monoisotopic (exact) mass is 282 g/mol. The first-order valence-electron chi connectivity index (χ1n) is 8.60. The molecule has 0 aromatic carbocycles. The first-order chi connectivity index (χ1) is 9.60. The van der Waals surface area contributed by atoms with Gasteiger partial charge in [0.15, 0.2) is 0 Å². The molecule has 1 saturated heterocycles. The molecule has 2 atom stereocenters. The number of rotatable bonds is 6. The number of ether oxygens (including phenoxy) is 1. The highest BCUT2D eigenvalue weighted by Gasteiger charge is 2.36. The lowest BCUT2D eigenvalue weighted by Gasteiger charge is -2.44. The van der Waals surface area contributed by atoms with Crippen LogP contribution in [0.25, 0.3) is 0 Å². The van der Waals surface area contributed by atoms with Crippen molar-refractivity contribution in [3.63, 3.8) is 0 Å². The second kappa shape index (κ2) is 7.77. The lowest BCUT2D eigenvalue weighted by molar-refractivity contribution is 0.00185. The average Bonchev–Trinajstić information content (AvgIpc) is 2.39. The van der Waals surface area contributed by atoms with Crippen molar-refractivity contribution in [2.24, 2.45) is 17.3 Å². The number of hydrogen-bond acceptors (Lipinski definition) is 3. The van der Waals surface area contributed by atoms with Gasteiger partial charge in [-0.2, -0.15) is 0 Å². The summed E-state index contributed by atoms with van der Waals surface area (Å²) in [6.07, 6.45) is 5.64. The van der Waals surface area contributed by atoms with Crippen molar-refractivity contribution in [2.75, 3.05) is 45.9 Å². The molecule has 2 unspecified atom stereocenters. The summed E-state index contributed by atoms with van der Waals surface area (Å²) in [7, 11) is 0. The van der Waals surface area contributed by atoms with E-state index in [0.29, 0.717) is 5.41 Å². The van der Waals surface area contributed by atoms with E-state index in [1.165, 1.54) is 38.8 Å². The van der Waals surface area contributed by atoms with Crippen molar-refractivity contribution in [3.05, 3.63) is 0 Å². The Morgan fingerprint density at radius 1 is 1.30 bits per heavy atom. The Balaban J connectivity index is 1.91. The van der Waals surface area contributed by atoms with Gasteiger partial charge in [0.25, 0.3) is 0 Å². The summed E-state index contributed by atoms with van der Waals surface area (Å²) in [4.78, 5) is 2.64. The van der Waals surface area contributed by atoms with Gasteiger partial charge in [-0.1, -0.05) is 33.6 Å². The summed E-state index contributed by atoms with van der Waals surface area (Å²) in [5.74, 6) is 1.64. The van der Waals surface area contributed by atoms with Crippen LogP contribution in [-0.2, 0) is 4.74 Å². The Morgan fingerprint density at radius 2 is 2.05 bits per heavy atom. The normalized spacial score (nSPS) is 32.7. The molecule has 0 radical (unpaired) electrons. The van der Waals surface area contributed by atoms with Crippen LogP contribution >= 0.6 is 0 Å². The zero-order chi connectivity index (χ0) is 14.4. The minimum atomic E-state index is 0.504. The molecule has 0 spiro atoms. The van der Waals surface area contributed by atoms with Crippen molar-refractivity contribution in [3.8, 4) is 0 Å². The molecule has 20 heavy (non-hydrogen) atoms. The lowest BCUT2D eigenvalue weighted by Crippen LogP contribution is -2.49. The fourth-order valence-corrected chi connectivity index (χ4v) is 3.99. The van der Waals surface area contributed by atoms with Gasteiger partial charge in [0.05, 0.1) is 13.2 Å². The fraction of sp³-hybridized carbons (Fsp3) is 1.00. The number of nitrogens with zero attached hydrogens (tertiary/aromatic N) is 1. The predicted molar refractivity (Wildman–Crippen MR) is 85.0 cm³/mol. The Bertz CT molecular complexity index is 276. The van der Waals surface area contributed by atoms with Crippen LogP contribution in [0.15, 0.2) is 0 Å². The Kier molecular flexibility index (Phi) is 6.31. The molecule has 1 aliphatic heterocycles. The van der Waals surface area contributed by atoms with Crippen LogP contribution < -0.4 is 5.32 Å². The van der Waals surface area contributed by atoms with Crippen LogP contribution in [0.4, 0.5) is 0 Å². The van der Waals surface area contributed by atoms with Gasteiger partial charge in [-0.25, -0.2) is 0 Å². The van der Waals surface area contributed by atoms with Crippen molar-refractivity contribution in [2.45, 2.75) is 46.5 Å². The second-order valence-corrected chi connectivity index (χ2v) is 7.61. The van der Waals surface area contributed by atoms with E-state index in [9.17, 15) is 0 Å². The highest BCUT2D eigenvalue weighted by Crippen LogP contribution is 2.39. The zero-order valence-electron chi connectivity index (χ0n) is 13.8. The molecular formula is C17H34N2O. The molecular weight excluding hydrogens is 248 g/mol. The SMILES string of the molecule is CC(C)CNCC1(CN2CCOCC2)CCCC(C)C1. The molecule has 1 heterocycles. The van der Waals surface area contributed by atoms with Gasteiger partial charge in [0.1, 0.15) is 0 Å². The van der Waals surface area contributed by atoms with Crippen LogP contribution in [0.1, 0.15) is 46.5 Å². The topological polar surface area (TPSA) is 24.5 Å². The molecule has 2 fully saturated rings. The van der Waals surface area contributed by atoms with Crippen molar-refractivity contribution in [1.82, 2.24) is 10.2 Å². The van der Waals surface area contributed by atoms with Crippen molar-refractivity contribution < 1.29 is 4.74 Å². The highest BCUT2D eigenvalue weighted by molar-refractivity contribution is 4.90. The van der Waals surface area contributed by atoms with Crippen LogP contribution in [-0.4, -0.2) is 50.8 Å². The molecule has 0 bridgehead atoms. The molecule has 1 saturated carbocycles. The lowest BCUT2D eigenvalue weighted by atomic mass is 9.69. The fourth-order valence-electron chi connectivity index (χ4n) is 3.99. The van der Waals surface area contributed by atoms with Crippen LogP contribution in [0.5, 0.6) is 0 Å². The number of nitrogens with one attached hydrogen (secondary N) is 1. The zero-order valence-corrected chi connectivity index (χ0v) is 13.8. The standard InChI is InChI=1S/C17H34N2O/c1-15(2)12-18-13-17(6-4-5-16(3)11-17)14-19-7-9-20-10-8-19/h15-16,18H,4-14H2,1-3H3. The molecule has 0 aromatic rings. The van der Waals surface area contributed by atoms with E-state index in [4.69, 9.17) is 4.74 Å². The van der Waals surface area contributed by atoms with E-state index in [-0.39, 0.29) is 0 Å². The predicted octanol–water partition coefficient (Wildman–Crippen LogP) is 2.76. The van der Waals surface area contributed by atoms with Gasteiger partial charge in [-0.3, -0.25) is 4.90 Å². The summed E-state index contributed by atoms with van der Waals surface area (Å²) >= 11 is 0. The van der Waals surface area contributed by atoms with Crippen molar-refractivity contribution >= 4 is 0 Å². The maximum atomic E-state index is 5.50. The number of morpholine rings is 1. The van der Waals surface area contributed by atoms with Gasteiger partial charge in [-0.05, 0) is 36.6 Å². The van der Waals surface area contributed by atoms with Gasteiger partial charge < -0.3 is 10.1 Å². The van der Waals surface area contributed by atoms with Crippen LogP contribution in [0, 0.1) is 17.3 Å². The third-order valence-corrected chi connectivity index (χ3v) is 4.90.